The van der Waals surface area contributed by atoms with E-state index in [1.165, 1.54) is 13.3 Å². The minimum atomic E-state index is 0.361. The van der Waals surface area contributed by atoms with E-state index in [2.05, 4.69) is 16.0 Å². The third kappa shape index (κ3) is 2.91. The zero-order chi connectivity index (χ0) is 16.2. The second-order valence-electron chi connectivity index (χ2n) is 4.61. The highest BCUT2D eigenvalue weighted by Gasteiger charge is 2.14. The van der Waals surface area contributed by atoms with E-state index < -0.39 is 0 Å². The molecule has 23 heavy (non-hydrogen) atoms. The summed E-state index contributed by atoms with van der Waals surface area (Å²) in [4.78, 5) is 9.53. The van der Waals surface area contributed by atoms with Gasteiger partial charge in [0.05, 0.1) is 12.5 Å². The molecular weight excluding hydrogens is 310 g/mol. The highest BCUT2D eigenvalue weighted by molar-refractivity contribution is 7.98. The standard InChI is InChI=1S/C17H13N3O2S/c1-21-17-15-14(7-8-19-17)16(11(9-18)10-20-15)22-12-3-5-13(23-2)6-4-12/h3-8,10H,1-2H3. The lowest BCUT2D eigenvalue weighted by atomic mass is 10.1. The molecule has 0 N–H and O–H groups in total. The van der Waals surface area contributed by atoms with Gasteiger partial charge in [-0.1, -0.05) is 0 Å². The van der Waals surface area contributed by atoms with Crippen LogP contribution in [0.15, 0.2) is 47.6 Å². The van der Waals surface area contributed by atoms with Gasteiger partial charge in [-0.15, -0.1) is 11.8 Å². The average molecular weight is 323 g/mol. The highest BCUT2D eigenvalue weighted by Crippen LogP contribution is 2.35. The normalized spacial score (nSPS) is 10.3. The molecule has 0 radical (unpaired) electrons. The van der Waals surface area contributed by atoms with Gasteiger partial charge in [0, 0.05) is 17.3 Å². The molecule has 0 aliphatic rings. The zero-order valence-electron chi connectivity index (χ0n) is 12.6. The third-order valence-corrected chi connectivity index (χ3v) is 4.04. The Hall–Kier alpha value is -2.78. The number of hydrogen-bond acceptors (Lipinski definition) is 6. The van der Waals surface area contributed by atoms with E-state index >= 15 is 0 Å². The zero-order valence-corrected chi connectivity index (χ0v) is 13.4. The Morgan fingerprint density at radius 2 is 1.91 bits per heavy atom. The first-order chi connectivity index (χ1) is 11.3. The number of methoxy groups -OCH3 is 1. The summed E-state index contributed by atoms with van der Waals surface area (Å²) in [6.07, 6.45) is 5.09. The van der Waals surface area contributed by atoms with E-state index in [4.69, 9.17) is 9.47 Å². The molecule has 3 rings (SSSR count). The van der Waals surface area contributed by atoms with E-state index in [9.17, 15) is 5.26 Å². The summed E-state index contributed by atoms with van der Waals surface area (Å²) >= 11 is 1.66. The molecule has 6 heteroatoms. The van der Waals surface area contributed by atoms with Crippen molar-refractivity contribution in [3.05, 3.63) is 48.3 Å². The van der Waals surface area contributed by atoms with Crippen LogP contribution in [0, 0.1) is 11.3 Å². The van der Waals surface area contributed by atoms with Crippen LogP contribution in [0.5, 0.6) is 17.4 Å². The van der Waals surface area contributed by atoms with Gasteiger partial charge in [-0.05, 0) is 36.6 Å². The maximum atomic E-state index is 9.34. The number of nitrogens with zero attached hydrogens (tertiary/aromatic N) is 3. The van der Waals surface area contributed by atoms with Crippen molar-refractivity contribution in [2.75, 3.05) is 13.4 Å². The molecule has 0 aliphatic heterocycles. The summed E-state index contributed by atoms with van der Waals surface area (Å²) in [5, 5.41) is 10.0. The Balaban J connectivity index is 2.12. The number of fused-ring (bicyclic) bond motifs is 1. The number of nitriles is 1. The SMILES string of the molecule is COc1nccc2c(Oc3ccc(SC)cc3)c(C#N)cnc12. The summed E-state index contributed by atoms with van der Waals surface area (Å²) in [5.74, 6) is 1.51. The molecule has 114 valence electrons. The average Bonchev–Trinajstić information content (AvgIpc) is 2.62. The predicted octanol–water partition coefficient (Wildman–Crippen LogP) is 4.02. The van der Waals surface area contributed by atoms with Crippen molar-refractivity contribution in [3.8, 4) is 23.4 Å². The van der Waals surface area contributed by atoms with Gasteiger partial charge in [0.1, 0.15) is 22.9 Å². The van der Waals surface area contributed by atoms with Gasteiger partial charge in [-0.2, -0.15) is 5.26 Å². The van der Waals surface area contributed by atoms with Gasteiger partial charge in [0.2, 0.25) is 5.88 Å². The summed E-state index contributed by atoms with van der Waals surface area (Å²) in [6, 6.07) is 11.6. The fourth-order valence-electron chi connectivity index (χ4n) is 2.18. The Morgan fingerprint density at radius 3 is 2.57 bits per heavy atom. The van der Waals surface area contributed by atoms with Crippen LogP contribution in [0.2, 0.25) is 0 Å². The molecule has 0 bridgehead atoms. The van der Waals surface area contributed by atoms with E-state index in [1.807, 2.05) is 30.5 Å². The number of pyridine rings is 2. The van der Waals surface area contributed by atoms with Crippen LogP contribution in [0.25, 0.3) is 10.9 Å². The summed E-state index contributed by atoms with van der Waals surface area (Å²) in [6.45, 7) is 0. The molecule has 0 saturated carbocycles. The first-order valence-corrected chi connectivity index (χ1v) is 8.03. The van der Waals surface area contributed by atoms with Crippen molar-refractivity contribution in [2.45, 2.75) is 4.90 Å². The summed E-state index contributed by atoms with van der Waals surface area (Å²) in [7, 11) is 1.53. The molecule has 0 spiro atoms. The van der Waals surface area contributed by atoms with E-state index in [0.29, 0.717) is 33.8 Å². The molecule has 0 atom stereocenters. The number of thioether (sulfide) groups is 1. The summed E-state index contributed by atoms with van der Waals surface area (Å²) < 4.78 is 11.2. The molecular formula is C17H13N3O2S. The molecule has 0 saturated heterocycles. The molecule has 0 amide bonds. The first kappa shape index (κ1) is 15.1. The van der Waals surface area contributed by atoms with E-state index in [-0.39, 0.29) is 0 Å². The Labute approximate surface area is 137 Å². The molecule has 2 heterocycles. The van der Waals surface area contributed by atoms with Crippen molar-refractivity contribution in [1.29, 1.82) is 5.26 Å². The van der Waals surface area contributed by atoms with Crippen molar-refractivity contribution in [3.63, 3.8) is 0 Å². The molecule has 2 aromatic heterocycles. The van der Waals surface area contributed by atoms with Gasteiger partial charge >= 0.3 is 0 Å². The van der Waals surface area contributed by atoms with Crippen LogP contribution in [-0.2, 0) is 0 Å². The van der Waals surface area contributed by atoms with Crippen LogP contribution in [0.1, 0.15) is 5.56 Å². The maximum absolute atomic E-state index is 9.34. The second kappa shape index (κ2) is 6.55. The van der Waals surface area contributed by atoms with Crippen LogP contribution in [0.4, 0.5) is 0 Å². The maximum Gasteiger partial charge on any atom is 0.240 e. The Morgan fingerprint density at radius 1 is 1.13 bits per heavy atom. The number of benzene rings is 1. The van der Waals surface area contributed by atoms with Gasteiger partial charge in [0.25, 0.3) is 0 Å². The largest absolute Gasteiger partial charge is 0.479 e. The van der Waals surface area contributed by atoms with Crippen molar-refractivity contribution in [2.24, 2.45) is 0 Å². The first-order valence-electron chi connectivity index (χ1n) is 6.80. The van der Waals surface area contributed by atoms with E-state index in [1.54, 1.807) is 24.0 Å². The van der Waals surface area contributed by atoms with Crippen LogP contribution >= 0.6 is 11.8 Å². The van der Waals surface area contributed by atoms with Gasteiger partial charge in [0.15, 0.2) is 5.75 Å². The van der Waals surface area contributed by atoms with Crippen LogP contribution in [-0.4, -0.2) is 23.3 Å². The van der Waals surface area contributed by atoms with Gasteiger partial charge in [-0.3, -0.25) is 0 Å². The highest BCUT2D eigenvalue weighted by atomic mass is 32.2. The predicted molar refractivity (Wildman–Crippen MR) is 89.1 cm³/mol. The number of ether oxygens (including phenoxy) is 2. The van der Waals surface area contributed by atoms with Gasteiger partial charge in [-0.25, -0.2) is 9.97 Å². The van der Waals surface area contributed by atoms with Crippen molar-refractivity contribution in [1.82, 2.24) is 9.97 Å². The number of hydrogen-bond donors (Lipinski definition) is 0. The minimum Gasteiger partial charge on any atom is -0.479 e. The third-order valence-electron chi connectivity index (χ3n) is 3.30. The molecule has 0 unspecified atom stereocenters. The number of rotatable bonds is 4. The molecule has 5 nitrogen and oxygen atoms in total. The van der Waals surface area contributed by atoms with Crippen molar-refractivity contribution >= 4 is 22.7 Å². The summed E-state index contributed by atoms with van der Waals surface area (Å²) in [5.41, 5.74) is 0.921. The second-order valence-corrected chi connectivity index (χ2v) is 5.49. The fraction of sp³-hybridized carbons (Fsp3) is 0.118. The topological polar surface area (TPSA) is 68.0 Å². The Kier molecular flexibility index (Phi) is 4.31. The van der Waals surface area contributed by atoms with Crippen LogP contribution in [0.3, 0.4) is 0 Å². The van der Waals surface area contributed by atoms with Gasteiger partial charge < -0.3 is 9.47 Å². The smallest absolute Gasteiger partial charge is 0.240 e. The lowest BCUT2D eigenvalue weighted by Crippen LogP contribution is -1.96. The quantitative estimate of drug-likeness (QED) is 0.675. The lowest BCUT2D eigenvalue weighted by molar-refractivity contribution is 0.402. The van der Waals surface area contributed by atoms with Crippen LogP contribution < -0.4 is 9.47 Å². The Bertz CT molecular complexity index is 889. The lowest BCUT2D eigenvalue weighted by Gasteiger charge is -2.11. The monoisotopic (exact) mass is 323 g/mol. The van der Waals surface area contributed by atoms with E-state index in [0.717, 1.165) is 4.90 Å². The molecule has 1 aromatic carbocycles. The molecule has 0 aliphatic carbocycles. The fourth-order valence-corrected chi connectivity index (χ4v) is 2.58. The minimum absolute atomic E-state index is 0.361. The molecule has 3 aromatic rings. The number of aromatic nitrogens is 2. The molecule has 0 fully saturated rings. The van der Waals surface area contributed by atoms with Crippen molar-refractivity contribution < 1.29 is 9.47 Å².